The first kappa shape index (κ1) is 18.3. The van der Waals surface area contributed by atoms with Crippen molar-refractivity contribution >= 4 is 15.7 Å². The highest BCUT2D eigenvalue weighted by atomic mass is 32.2. The van der Waals surface area contributed by atoms with Crippen LogP contribution in [0.1, 0.15) is 19.3 Å². The summed E-state index contributed by atoms with van der Waals surface area (Å²) in [4.78, 5) is 12.0. The first-order chi connectivity index (χ1) is 12.4. The summed E-state index contributed by atoms with van der Waals surface area (Å²) in [6.07, 6.45) is 2.34. The molecule has 1 aliphatic rings. The van der Waals surface area contributed by atoms with Crippen LogP contribution in [-0.4, -0.2) is 24.3 Å². The van der Waals surface area contributed by atoms with Gasteiger partial charge in [-0.15, -0.1) is 0 Å². The number of hydrogen-bond donors (Lipinski definition) is 2. The lowest BCUT2D eigenvalue weighted by Gasteiger charge is -2.26. The Labute approximate surface area is 150 Å². The lowest BCUT2D eigenvalue weighted by molar-refractivity contribution is -0.131. The molecule has 0 aliphatic heterocycles. The Balaban J connectivity index is 1.87. The summed E-state index contributed by atoms with van der Waals surface area (Å²) >= 11 is 0. The van der Waals surface area contributed by atoms with Crippen molar-refractivity contribution in [1.29, 1.82) is 0 Å². The first-order valence-electron chi connectivity index (χ1n) is 7.93. The second kappa shape index (κ2) is 7.05. The van der Waals surface area contributed by atoms with E-state index in [2.05, 4.69) is 0 Å². The molecule has 26 heavy (non-hydrogen) atoms. The quantitative estimate of drug-likeness (QED) is 0.616. The van der Waals surface area contributed by atoms with Gasteiger partial charge in [-0.05, 0) is 74.2 Å². The number of amides is 1. The van der Waals surface area contributed by atoms with Gasteiger partial charge in [-0.1, -0.05) is 0 Å². The lowest BCUT2D eigenvalue weighted by Crippen LogP contribution is -2.49. The minimum Gasteiger partial charge on any atom is -0.457 e. The van der Waals surface area contributed by atoms with E-state index in [4.69, 9.17) is 9.94 Å². The molecule has 2 N–H and O–H groups in total. The normalized spacial score (nSPS) is 16.2. The molecule has 0 bridgehead atoms. The van der Waals surface area contributed by atoms with Gasteiger partial charge in [0.25, 0.3) is 5.91 Å². The zero-order chi connectivity index (χ0) is 18.8. The Hall–Kier alpha value is -2.45. The fraction of sp³-hybridized carbons (Fsp3) is 0.222. The van der Waals surface area contributed by atoms with Crippen LogP contribution in [0.5, 0.6) is 11.5 Å². The van der Waals surface area contributed by atoms with E-state index in [0.29, 0.717) is 17.9 Å². The highest BCUT2D eigenvalue weighted by Crippen LogP contribution is 2.40. The van der Waals surface area contributed by atoms with Gasteiger partial charge in [-0.2, -0.15) is 0 Å². The van der Waals surface area contributed by atoms with Crippen molar-refractivity contribution in [2.24, 2.45) is 0 Å². The summed E-state index contributed by atoms with van der Waals surface area (Å²) in [6.45, 7) is 0. The summed E-state index contributed by atoms with van der Waals surface area (Å²) in [5.41, 5.74) is 1.48. The van der Waals surface area contributed by atoms with E-state index >= 15 is 0 Å². The van der Waals surface area contributed by atoms with Gasteiger partial charge in [0.05, 0.1) is 4.90 Å². The Morgan fingerprint density at radius 2 is 1.65 bits per heavy atom. The Kier molecular flexibility index (Phi) is 4.97. The number of benzene rings is 2. The average molecular weight is 378 g/mol. The smallest absolute Gasteiger partial charge is 0.265 e. The predicted octanol–water partition coefficient (Wildman–Crippen LogP) is 3.02. The van der Waals surface area contributed by atoms with Crippen LogP contribution in [0.2, 0.25) is 0 Å². The molecular weight excluding hydrogens is 361 g/mol. The Morgan fingerprint density at radius 1 is 1.08 bits per heavy atom. The van der Waals surface area contributed by atoms with Gasteiger partial charge in [0, 0.05) is 0 Å². The van der Waals surface area contributed by atoms with Crippen LogP contribution < -0.4 is 10.2 Å². The van der Waals surface area contributed by atoms with Gasteiger partial charge < -0.3 is 4.74 Å². The first-order valence-corrected chi connectivity index (χ1v) is 9.42. The molecular formula is C18H17FNO5S. The number of nitrogens with one attached hydrogen (secondary N) is 1. The molecule has 8 heteroatoms. The van der Waals surface area contributed by atoms with E-state index in [9.17, 15) is 17.6 Å². The maximum Gasteiger partial charge on any atom is 0.265 e. The van der Waals surface area contributed by atoms with Crippen LogP contribution in [-0.2, 0) is 14.6 Å². The number of rotatable bonds is 5. The fourth-order valence-electron chi connectivity index (χ4n) is 3.00. The van der Waals surface area contributed by atoms with Crippen LogP contribution in [0.15, 0.2) is 53.4 Å². The van der Waals surface area contributed by atoms with Gasteiger partial charge in [0.1, 0.15) is 17.3 Å². The molecule has 1 saturated carbocycles. The zero-order valence-corrected chi connectivity index (χ0v) is 14.5. The maximum atomic E-state index is 13.0. The summed E-state index contributed by atoms with van der Waals surface area (Å²) in [5, 5.41) is 8.97. The molecule has 1 amide bonds. The van der Waals surface area contributed by atoms with E-state index < -0.39 is 20.5 Å². The monoisotopic (exact) mass is 378 g/mol. The number of halogens is 1. The van der Waals surface area contributed by atoms with Gasteiger partial charge >= 0.3 is 0 Å². The second-order valence-corrected chi connectivity index (χ2v) is 8.26. The standard InChI is InChI=1S/C18H17FNO5S/c19-13-3-5-14(6-4-13)25-15-7-9-16(10-8-15)26(23,24)18(17(21)20-22)11-1-2-12-18/h1,3-10,22H,2,11-12H2,(H,20,21). The summed E-state index contributed by atoms with van der Waals surface area (Å²) < 4.78 is 42.7. The van der Waals surface area contributed by atoms with Gasteiger partial charge in [0.15, 0.2) is 14.6 Å². The molecule has 0 saturated heterocycles. The topological polar surface area (TPSA) is 92.7 Å². The summed E-state index contributed by atoms with van der Waals surface area (Å²) in [7, 11) is -4.02. The molecule has 1 atom stereocenters. The zero-order valence-electron chi connectivity index (χ0n) is 13.7. The number of carbonyl (C=O) groups excluding carboxylic acids is 1. The minimum atomic E-state index is -4.02. The molecule has 137 valence electrons. The summed E-state index contributed by atoms with van der Waals surface area (Å²) in [6, 6.07) is 11.0. The number of hydroxylamine groups is 1. The molecule has 0 spiro atoms. The minimum absolute atomic E-state index is 0.0373. The molecule has 1 fully saturated rings. The lowest BCUT2D eigenvalue weighted by atomic mass is 10.1. The second-order valence-electron chi connectivity index (χ2n) is 6.00. The molecule has 2 aromatic carbocycles. The van der Waals surface area contributed by atoms with Crippen molar-refractivity contribution in [2.75, 3.05) is 0 Å². The van der Waals surface area contributed by atoms with Crippen LogP contribution in [0, 0.1) is 12.2 Å². The van der Waals surface area contributed by atoms with Crippen LogP contribution in [0.4, 0.5) is 4.39 Å². The van der Waals surface area contributed by atoms with Gasteiger partial charge in [-0.3, -0.25) is 10.0 Å². The number of hydrogen-bond acceptors (Lipinski definition) is 5. The molecule has 0 aromatic heterocycles. The van der Waals surface area contributed by atoms with Crippen LogP contribution in [0.25, 0.3) is 0 Å². The highest BCUT2D eigenvalue weighted by Gasteiger charge is 2.53. The van der Waals surface area contributed by atoms with E-state index in [1.807, 2.05) is 0 Å². The molecule has 1 radical (unpaired) electrons. The van der Waals surface area contributed by atoms with Crippen molar-refractivity contribution in [3.05, 3.63) is 60.8 Å². The molecule has 2 aromatic rings. The number of carbonyl (C=O) groups is 1. The van der Waals surface area contributed by atoms with Gasteiger partial charge in [-0.25, -0.2) is 18.3 Å². The summed E-state index contributed by atoms with van der Waals surface area (Å²) in [5.74, 6) is -0.546. The van der Waals surface area contributed by atoms with Crippen molar-refractivity contribution in [2.45, 2.75) is 28.9 Å². The van der Waals surface area contributed by atoms with E-state index in [1.54, 1.807) is 6.42 Å². The Morgan fingerprint density at radius 3 is 2.15 bits per heavy atom. The van der Waals surface area contributed by atoms with E-state index in [1.165, 1.54) is 54.0 Å². The molecule has 1 aliphatic carbocycles. The predicted molar refractivity (Wildman–Crippen MR) is 90.9 cm³/mol. The third kappa shape index (κ3) is 3.17. The fourth-order valence-corrected chi connectivity index (χ4v) is 4.96. The van der Waals surface area contributed by atoms with Crippen molar-refractivity contribution in [3.63, 3.8) is 0 Å². The molecule has 1 unspecified atom stereocenters. The molecule has 6 nitrogen and oxygen atoms in total. The molecule has 3 rings (SSSR count). The third-order valence-corrected chi connectivity index (χ3v) is 6.92. The average Bonchev–Trinajstić information content (AvgIpc) is 3.15. The number of ether oxygens (including phenoxy) is 1. The largest absolute Gasteiger partial charge is 0.457 e. The van der Waals surface area contributed by atoms with Gasteiger partial charge in [0.2, 0.25) is 0 Å². The SMILES string of the molecule is O=C(NO)C1(S(=O)(=O)c2ccc(Oc3ccc(F)cc3)cc2)C[CH]CC1. The van der Waals surface area contributed by atoms with E-state index in [0.717, 1.165) is 0 Å². The van der Waals surface area contributed by atoms with E-state index in [-0.39, 0.29) is 23.6 Å². The van der Waals surface area contributed by atoms with Crippen LogP contribution in [0.3, 0.4) is 0 Å². The highest BCUT2D eigenvalue weighted by molar-refractivity contribution is 7.93. The third-order valence-electron chi connectivity index (χ3n) is 4.44. The maximum absolute atomic E-state index is 13.0. The van der Waals surface area contributed by atoms with Crippen LogP contribution >= 0.6 is 0 Å². The Bertz CT molecular complexity index is 888. The molecule has 0 heterocycles. The van der Waals surface area contributed by atoms with Crippen molar-refractivity contribution in [3.8, 4) is 11.5 Å². The van der Waals surface area contributed by atoms with Crippen molar-refractivity contribution in [1.82, 2.24) is 5.48 Å². The number of sulfone groups is 1. The van der Waals surface area contributed by atoms with Crippen molar-refractivity contribution < 1.29 is 27.5 Å².